The van der Waals surface area contributed by atoms with Crippen LogP contribution in [0.2, 0.25) is 0 Å². The molecule has 4 atom stereocenters. The zero-order valence-electron chi connectivity index (χ0n) is 19.0. The number of likely N-dealkylation sites (N-methyl/N-ethyl adjacent to an activating group) is 1. The first-order valence-electron chi connectivity index (χ1n) is 11.0. The average molecular weight is 460 g/mol. The smallest absolute Gasteiger partial charge is 0.347 e. The van der Waals surface area contributed by atoms with E-state index >= 15 is 0 Å². The van der Waals surface area contributed by atoms with Gasteiger partial charge in [0.2, 0.25) is 11.8 Å². The lowest BCUT2D eigenvalue weighted by Crippen LogP contribution is -2.48. The van der Waals surface area contributed by atoms with Crippen molar-refractivity contribution in [3.05, 3.63) is 65.2 Å². The second-order valence-electron chi connectivity index (χ2n) is 9.53. The number of carbonyl (C=O) groups is 2. The largest absolute Gasteiger partial charge is 0.416 e. The fourth-order valence-corrected chi connectivity index (χ4v) is 5.44. The van der Waals surface area contributed by atoms with Gasteiger partial charge >= 0.3 is 6.18 Å². The highest BCUT2D eigenvalue weighted by atomic mass is 19.4. The van der Waals surface area contributed by atoms with Crippen LogP contribution in [0, 0.1) is 5.92 Å². The molecule has 1 fully saturated rings. The molecule has 1 saturated heterocycles. The Morgan fingerprint density at radius 1 is 1.12 bits per heavy atom. The Bertz CT molecular complexity index is 1070. The van der Waals surface area contributed by atoms with Crippen LogP contribution in [0.5, 0.6) is 0 Å². The molecule has 2 aliphatic rings. The first kappa shape index (κ1) is 23.3. The molecule has 0 bridgehead atoms. The summed E-state index contributed by atoms with van der Waals surface area (Å²) in [6.45, 7) is 4.04. The van der Waals surface area contributed by atoms with Crippen LogP contribution < -0.4 is 10.6 Å². The van der Waals surface area contributed by atoms with E-state index in [0.29, 0.717) is 12.0 Å². The molecule has 2 aliphatic heterocycles. The van der Waals surface area contributed by atoms with Crippen molar-refractivity contribution >= 4 is 17.5 Å². The number of rotatable bonds is 4. The Labute approximate surface area is 191 Å². The van der Waals surface area contributed by atoms with E-state index in [0.717, 1.165) is 17.7 Å². The minimum absolute atomic E-state index is 0.157. The third-order valence-electron chi connectivity index (χ3n) is 6.74. The van der Waals surface area contributed by atoms with Crippen LogP contribution in [0.25, 0.3) is 0 Å². The predicted molar refractivity (Wildman–Crippen MR) is 120 cm³/mol. The van der Waals surface area contributed by atoms with E-state index < -0.39 is 35.2 Å². The number of nitrogens with zero attached hydrogens (tertiary/aromatic N) is 1. The lowest BCUT2D eigenvalue weighted by molar-refractivity contribution is -0.137. The Morgan fingerprint density at radius 3 is 2.36 bits per heavy atom. The minimum atomic E-state index is -4.52. The van der Waals surface area contributed by atoms with Gasteiger partial charge in [0.25, 0.3) is 0 Å². The molecule has 8 heteroatoms. The molecule has 33 heavy (non-hydrogen) atoms. The van der Waals surface area contributed by atoms with E-state index in [2.05, 4.69) is 10.6 Å². The van der Waals surface area contributed by atoms with Crippen LogP contribution in [0.15, 0.2) is 48.5 Å². The Morgan fingerprint density at radius 2 is 1.79 bits per heavy atom. The fourth-order valence-electron chi connectivity index (χ4n) is 5.44. The Balaban J connectivity index is 1.98. The molecular weight excluding hydrogens is 431 g/mol. The molecule has 2 aromatic rings. The number of halogens is 3. The summed E-state index contributed by atoms with van der Waals surface area (Å²) in [6.07, 6.45) is -3.95. The van der Waals surface area contributed by atoms with Crippen molar-refractivity contribution in [2.75, 3.05) is 19.4 Å². The molecule has 0 unspecified atom stereocenters. The van der Waals surface area contributed by atoms with Gasteiger partial charge in [-0.05, 0) is 35.6 Å². The number of nitrogens with one attached hydrogen (secondary N) is 2. The highest BCUT2D eigenvalue weighted by Gasteiger charge is 2.65. The summed E-state index contributed by atoms with van der Waals surface area (Å²) in [5.74, 6) is -0.953. The molecule has 0 saturated carbocycles. The normalized spacial score (nSPS) is 26.5. The quantitative estimate of drug-likeness (QED) is 0.722. The first-order valence-corrected chi connectivity index (χ1v) is 11.0. The molecule has 0 aromatic heterocycles. The van der Waals surface area contributed by atoms with Gasteiger partial charge < -0.3 is 15.5 Å². The molecule has 2 N–H and O–H groups in total. The molecule has 2 heterocycles. The summed E-state index contributed by atoms with van der Waals surface area (Å²) in [5, 5.41) is 6.16. The van der Waals surface area contributed by atoms with E-state index in [1.54, 1.807) is 14.1 Å². The second-order valence-corrected chi connectivity index (χ2v) is 9.53. The molecule has 2 amide bonds. The third kappa shape index (κ3) is 3.70. The topological polar surface area (TPSA) is 61.4 Å². The first-order chi connectivity index (χ1) is 15.5. The van der Waals surface area contributed by atoms with Gasteiger partial charge in [-0.3, -0.25) is 9.59 Å². The van der Waals surface area contributed by atoms with Crippen molar-refractivity contribution in [1.82, 2.24) is 10.2 Å². The molecule has 0 aliphatic carbocycles. The number of benzene rings is 2. The monoisotopic (exact) mass is 459 g/mol. The van der Waals surface area contributed by atoms with Crippen LogP contribution in [0.1, 0.15) is 42.9 Å². The summed E-state index contributed by atoms with van der Waals surface area (Å²) in [7, 11) is 3.32. The van der Waals surface area contributed by atoms with Crippen molar-refractivity contribution in [2.24, 2.45) is 5.92 Å². The van der Waals surface area contributed by atoms with Crippen molar-refractivity contribution in [3.8, 4) is 0 Å². The highest BCUT2D eigenvalue weighted by Crippen LogP contribution is 2.56. The van der Waals surface area contributed by atoms with Gasteiger partial charge in [-0.15, -0.1) is 0 Å². The maximum Gasteiger partial charge on any atom is 0.416 e. The van der Waals surface area contributed by atoms with Crippen molar-refractivity contribution in [3.63, 3.8) is 0 Å². The van der Waals surface area contributed by atoms with E-state index in [-0.39, 0.29) is 23.4 Å². The van der Waals surface area contributed by atoms with Gasteiger partial charge in [-0.25, -0.2) is 0 Å². The van der Waals surface area contributed by atoms with Crippen LogP contribution in [-0.2, 0) is 21.2 Å². The van der Waals surface area contributed by atoms with Crippen LogP contribution >= 0.6 is 0 Å². The summed E-state index contributed by atoms with van der Waals surface area (Å²) >= 11 is 0. The van der Waals surface area contributed by atoms with Crippen LogP contribution in [0.3, 0.4) is 0 Å². The molecule has 2 aromatic carbocycles. The van der Waals surface area contributed by atoms with Gasteiger partial charge in [0.15, 0.2) is 0 Å². The number of anilines is 1. The number of alkyl halides is 3. The molecule has 5 nitrogen and oxygen atoms in total. The lowest BCUT2D eigenvalue weighted by atomic mass is 9.63. The molecular formula is C25H28F3N3O2. The Hall–Kier alpha value is -2.87. The molecule has 0 radical (unpaired) electrons. The zero-order valence-corrected chi connectivity index (χ0v) is 19.0. The maximum absolute atomic E-state index is 13.8. The summed E-state index contributed by atoms with van der Waals surface area (Å²) < 4.78 is 40.2. The predicted octanol–water partition coefficient (Wildman–Crippen LogP) is 4.15. The van der Waals surface area contributed by atoms with Crippen LogP contribution in [0.4, 0.5) is 18.9 Å². The van der Waals surface area contributed by atoms with Gasteiger partial charge in [-0.1, -0.05) is 50.2 Å². The van der Waals surface area contributed by atoms with E-state index in [4.69, 9.17) is 0 Å². The van der Waals surface area contributed by atoms with Gasteiger partial charge in [0, 0.05) is 31.7 Å². The Kier molecular flexibility index (Phi) is 5.76. The zero-order chi connectivity index (χ0) is 24.1. The van der Waals surface area contributed by atoms with E-state index in [9.17, 15) is 22.8 Å². The number of carbonyl (C=O) groups excluding carboxylic acids is 2. The SMILES string of the molecule is CC(C)C[C@H]1N[C@@H](C(=O)N(C)C)[C@H](c2ccccc2)[C@@]12C(=O)Nc1cc(C(F)(F)F)ccc12. The van der Waals surface area contributed by atoms with Crippen LogP contribution in [-0.4, -0.2) is 42.9 Å². The maximum atomic E-state index is 13.8. The lowest BCUT2D eigenvalue weighted by Gasteiger charge is -2.36. The molecule has 1 spiro atoms. The van der Waals surface area contributed by atoms with Gasteiger partial charge in [-0.2, -0.15) is 13.2 Å². The number of amides is 2. The van der Waals surface area contributed by atoms with E-state index in [1.807, 2.05) is 44.2 Å². The number of fused-ring (bicyclic) bond motifs is 2. The average Bonchev–Trinajstić information content (AvgIpc) is 3.22. The minimum Gasteiger partial charge on any atom is -0.347 e. The summed E-state index contributed by atoms with van der Waals surface area (Å²) in [5.41, 5.74) is -0.589. The van der Waals surface area contributed by atoms with Gasteiger partial charge in [0.05, 0.1) is 11.6 Å². The van der Waals surface area contributed by atoms with Crippen molar-refractivity contribution < 1.29 is 22.8 Å². The summed E-state index contributed by atoms with van der Waals surface area (Å²) in [6, 6.07) is 11.6. The second kappa shape index (κ2) is 8.17. The standard InChI is InChI=1S/C25H28F3N3O2/c1-14(2)12-19-24(17-11-10-16(25(26,27)28)13-18(17)29-23(24)33)20(15-8-6-5-7-9-15)21(30-19)22(32)31(3)4/h5-11,13-14,19-21,30H,12H2,1-4H3,(H,29,33)/t19-,20+,21-,24+/m1/s1. The van der Waals surface area contributed by atoms with E-state index in [1.165, 1.54) is 11.0 Å². The van der Waals surface area contributed by atoms with Crippen molar-refractivity contribution in [1.29, 1.82) is 0 Å². The fraction of sp³-hybridized carbons (Fsp3) is 0.440. The highest BCUT2D eigenvalue weighted by molar-refractivity contribution is 6.09. The van der Waals surface area contributed by atoms with Gasteiger partial charge in [0.1, 0.15) is 5.41 Å². The molecule has 176 valence electrons. The summed E-state index contributed by atoms with van der Waals surface area (Å²) in [4.78, 5) is 28.5. The molecule has 4 rings (SSSR count). The number of hydrogen-bond donors (Lipinski definition) is 2. The third-order valence-corrected chi connectivity index (χ3v) is 6.74. The van der Waals surface area contributed by atoms with Crippen molar-refractivity contribution in [2.45, 2.75) is 49.9 Å². The number of hydrogen-bond acceptors (Lipinski definition) is 3.